The number of aliphatic carboxylic acids is 1. The van der Waals surface area contributed by atoms with Gasteiger partial charge >= 0.3 is 5.97 Å². The quantitative estimate of drug-likeness (QED) is 0.188. The normalized spacial score (nSPS) is 15.0. The smallest absolute Gasteiger partial charge is 0.303 e. The number of nitro benzene ring substituents is 1. The minimum absolute atomic E-state index is 0.0469. The minimum Gasteiger partial charge on any atom is -0.481 e. The lowest BCUT2D eigenvalue weighted by atomic mass is 10.2. The zero-order chi connectivity index (χ0) is 21.4. The van der Waals surface area contributed by atoms with Crippen molar-refractivity contribution in [3.05, 3.63) is 44.8 Å². The van der Waals surface area contributed by atoms with E-state index in [0.717, 1.165) is 11.8 Å². The van der Waals surface area contributed by atoms with Crippen molar-refractivity contribution in [1.82, 2.24) is 10.2 Å². The molecule has 9 nitrogen and oxygen atoms in total. The zero-order valence-corrected chi connectivity index (χ0v) is 17.0. The molecule has 0 radical (unpaired) electrons. The minimum atomic E-state index is -0.842. The van der Waals surface area contributed by atoms with Gasteiger partial charge in [0, 0.05) is 25.1 Å². The molecule has 0 spiro atoms. The Bertz CT molecular complexity index is 854. The number of hydrogen-bond acceptors (Lipinski definition) is 7. The number of hydrogen-bond donors (Lipinski definition) is 2. The van der Waals surface area contributed by atoms with Gasteiger partial charge in [-0.05, 0) is 36.6 Å². The molecular weight excluding hydrogens is 418 g/mol. The first-order valence-corrected chi connectivity index (χ1v) is 9.98. The number of benzene rings is 1. The van der Waals surface area contributed by atoms with Gasteiger partial charge in [-0.1, -0.05) is 30.4 Å². The van der Waals surface area contributed by atoms with E-state index < -0.39 is 16.8 Å². The first-order valence-electron chi connectivity index (χ1n) is 8.76. The number of amides is 2. The number of nitro groups is 1. The topological polar surface area (TPSA) is 130 Å². The van der Waals surface area contributed by atoms with Crippen LogP contribution in [0.2, 0.25) is 0 Å². The third kappa shape index (κ3) is 6.95. The second-order valence-electron chi connectivity index (χ2n) is 6.17. The SMILES string of the molecule is O=C(O)CCCCCNC(=O)CN1C(=O)/C(=C/c2ccc([N+](=O)[O-])cc2)SC1=S. The second kappa shape index (κ2) is 10.7. The van der Waals surface area contributed by atoms with Crippen LogP contribution in [0.4, 0.5) is 5.69 Å². The number of carbonyl (C=O) groups excluding carboxylic acids is 2. The Balaban J connectivity index is 1.85. The molecule has 1 heterocycles. The Hall–Kier alpha value is -2.79. The Morgan fingerprint density at radius 1 is 1.24 bits per heavy atom. The van der Waals surface area contributed by atoms with Crippen LogP contribution in [0.1, 0.15) is 31.2 Å². The Morgan fingerprint density at radius 2 is 1.93 bits per heavy atom. The predicted molar refractivity (Wildman–Crippen MR) is 112 cm³/mol. The van der Waals surface area contributed by atoms with Gasteiger partial charge < -0.3 is 10.4 Å². The molecule has 0 aliphatic carbocycles. The summed E-state index contributed by atoms with van der Waals surface area (Å²) in [6, 6.07) is 5.75. The third-order valence-corrected chi connectivity index (χ3v) is 5.34. The van der Waals surface area contributed by atoms with Gasteiger partial charge in [-0.25, -0.2) is 0 Å². The van der Waals surface area contributed by atoms with Crippen LogP contribution in [0.5, 0.6) is 0 Å². The molecule has 1 aliphatic rings. The fraction of sp³-hybridized carbons (Fsp3) is 0.333. The summed E-state index contributed by atoms with van der Waals surface area (Å²) in [5.41, 5.74) is 0.566. The fourth-order valence-corrected chi connectivity index (χ4v) is 3.74. The summed E-state index contributed by atoms with van der Waals surface area (Å²) in [7, 11) is 0. The number of nitrogens with one attached hydrogen (secondary N) is 1. The van der Waals surface area contributed by atoms with Crippen molar-refractivity contribution in [3.8, 4) is 0 Å². The summed E-state index contributed by atoms with van der Waals surface area (Å²) in [5, 5.41) is 21.9. The van der Waals surface area contributed by atoms with E-state index in [0.29, 0.717) is 36.3 Å². The largest absolute Gasteiger partial charge is 0.481 e. The van der Waals surface area contributed by atoms with Gasteiger partial charge in [-0.3, -0.25) is 29.4 Å². The van der Waals surface area contributed by atoms with Gasteiger partial charge in [-0.15, -0.1) is 0 Å². The van der Waals surface area contributed by atoms with E-state index in [9.17, 15) is 24.5 Å². The van der Waals surface area contributed by atoms with Gasteiger partial charge in [-0.2, -0.15) is 0 Å². The summed E-state index contributed by atoms with van der Waals surface area (Å²) in [5.74, 6) is -1.59. The highest BCUT2D eigenvalue weighted by Crippen LogP contribution is 2.32. The highest BCUT2D eigenvalue weighted by molar-refractivity contribution is 8.26. The molecule has 1 saturated heterocycles. The van der Waals surface area contributed by atoms with E-state index in [-0.39, 0.29) is 28.9 Å². The van der Waals surface area contributed by atoms with Crippen molar-refractivity contribution in [2.75, 3.05) is 13.1 Å². The molecular formula is C18H19N3O6S2. The Morgan fingerprint density at radius 3 is 2.55 bits per heavy atom. The average Bonchev–Trinajstić information content (AvgIpc) is 2.92. The first-order chi connectivity index (χ1) is 13.8. The van der Waals surface area contributed by atoms with Gasteiger partial charge in [0.1, 0.15) is 10.9 Å². The summed E-state index contributed by atoms with van der Waals surface area (Å²) < 4.78 is 0.264. The number of carbonyl (C=O) groups is 3. The van der Waals surface area contributed by atoms with Crippen LogP contribution in [-0.2, 0) is 14.4 Å². The summed E-state index contributed by atoms with van der Waals surface area (Å²) in [6.07, 6.45) is 3.56. The number of carboxylic acids is 1. The van der Waals surface area contributed by atoms with Crippen molar-refractivity contribution in [2.24, 2.45) is 0 Å². The molecule has 2 amide bonds. The highest BCUT2D eigenvalue weighted by atomic mass is 32.2. The number of thiocarbonyl (C=S) groups is 1. The number of nitrogens with zero attached hydrogens (tertiary/aromatic N) is 2. The molecule has 1 aromatic carbocycles. The van der Waals surface area contributed by atoms with Crippen LogP contribution in [0.25, 0.3) is 6.08 Å². The molecule has 0 saturated carbocycles. The van der Waals surface area contributed by atoms with Crippen molar-refractivity contribution in [2.45, 2.75) is 25.7 Å². The molecule has 0 bridgehead atoms. The van der Waals surface area contributed by atoms with E-state index in [4.69, 9.17) is 17.3 Å². The lowest BCUT2D eigenvalue weighted by Gasteiger charge is -2.14. The van der Waals surface area contributed by atoms with Crippen molar-refractivity contribution >= 4 is 57.8 Å². The average molecular weight is 437 g/mol. The van der Waals surface area contributed by atoms with Crippen LogP contribution >= 0.6 is 24.0 Å². The van der Waals surface area contributed by atoms with Gasteiger partial charge in [0.2, 0.25) is 5.91 Å². The highest BCUT2D eigenvalue weighted by Gasteiger charge is 2.33. The standard InChI is InChI=1S/C18H19N3O6S2/c22-15(19-9-3-1-2-4-16(23)24)11-20-17(25)14(29-18(20)28)10-12-5-7-13(8-6-12)21(26)27/h5-8,10H,1-4,9,11H2,(H,19,22)(H,23,24)/b14-10-. The van der Waals surface area contributed by atoms with Crippen LogP contribution in [0.3, 0.4) is 0 Å². The molecule has 0 aromatic heterocycles. The van der Waals surface area contributed by atoms with Gasteiger partial charge in [0.15, 0.2) is 0 Å². The van der Waals surface area contributed by atoms with Crippen molar-refractivity contribution in [3.63, 3.8) is 0 Å². The molecule has 0 unspecified atom stereocenters. The fourth-order valence-electron chi connectivity index (χ4n) is 2.49. The number of carboxylic acid groups (broad SMARTS) is 1. The second-order valence-corrected chi connectivity index (χ2v) is 7.85. The van der Waals surface area contributed by atoms with E-state index in [1.807, 2.05) is 0 Å². The maximum absolute atomic E-state index is 12.5. The molecule has 2 rings (SSSR count). The molecule has 1 aromatic rings. The number of rotatable bonds is 10. The molecule has 0 atom stereocenters. The molecule has 1 aliphatic heterocycles. The van der Waals surface area contributed by atoms with E-state index >= 15 is 0 Å². The Kier molecular flexibility index (Phi) is 8.28. The molecule has 2 N–H and O–H groups in total. The van der Waals surface area contributed by atoms with Crippen molar-refractivity contribution < 1.29 is 24.4 Å². The lowest BCUT2D eigenvalue weighted by Crippen LogP contribution is -2.39. The number of thioether (sulfide) groups is 1. The summed E-state index contributed by atoms with van der Waals surface area (Å²) in [4.78, 5) is 46.7. The molecule has 11 heteroatoms. The van der Waals surface area contributed by atoms with E-state index in [1.54, 1.807) is 6.08 Å². The first kappa shape index (κ1) is 22.5. The summed E-state index contributed by atoms with van der Waals surface area (Å²) in [6.45, 7) is 0.198. The maximum atomic E-state index is 12.5. The van der Waals surface area contributed by atoms with Crippen LogP contribution in [-0.4, -0.2) is 50.1 Å². The van der Waals surface area contributed by atoms with Gasteiger partial charge in [0.05, 0.1) is 9.83 Å². The monoisotopic (exact) mass is 437 g/mol. The summed E-state index contributed by atoms with van der Waals surface area (Å²) >= 11 is 6.25. The van der Waals surface area contributed by atoms with E-state index in [1.165, 1.54) is 29.2 Å². The lowest BCUT2D eigenvalue weighted by molar-refractivity contribution is -0.384. The number of unbranched alkanes of at least 4 members (excludes halogenated alkanes) is 2. The zero-order valence-electron chi connectivity index (χ0n) is 15.3. The molecule has 1 fully saturated rings. The number of non-ortho nitro benzene ring substituents is 1. The Labute approximate surface area is 176 Å². The predicted octanol–water partition coefficient (Wildman–Crippen LogP) is 2.56. The molecule has 29 heavy (non-hydrogen) atoms. The van der Waals surface area contributed by atoms with Crippen LogP contribution in [0, 0.1) is 10.1 Å². The third-order valence-electron chi connectivity index (χ3n) is 3.97. The van der Waals surface area contributed by atoms with Crippen LogP contribution < -0.4 is 5.32 Å². The molecule has 154 valence electrons. The van der Waals surface area contributed by atoms with Crippen LogP contribution in [0.15, 0.2) is 29.2 Å². The van der Waals surface area contributed by atoms with Gasteiger partial charge in [0.25, 0.3) is 11.6 Å². The maximum Gasteiger partial charge on any atom is 0.303 e. The van der Waals surface area contributed by atoms with E-state index in [2.05, 4.69) is 5.32 Å². The van der Waals surface area contributed by atoms with Crippen molar-refractivity contribution in [1.29, 1.82) is 0 Å².